The van der Waals surface area contributed by atoms with E-state index in [2.05, 4.69) is 9.88 Å². The molecule has 2 aliphatic heterocycles. The number of hydrogen-bond donors (Lipinski definition) is 1. The van der Waals surface area contributed by atoms with E-state index in [9.17, 15) is 22.7 Å². The van der Waals surface area contributed by atoms with Gasteiger partial charge in [-0.3, -0.25) is 9.78 Å². The summed E-state index contributed by atoms with van der Waals surface area (Å²) in [7, 11) is -3.30. The first-order chi connectivity index (χ1) is 16.2. The molecule has 2 aromatic rings. The third kappa shape index (κ3) is 4.16. The fourth-order valence-electron chi connectivity index (χ4n) is 5.92. The minimum atomic E-state index is -3.30. The van der Waals surface area contributed by atoms with Crippen molar-refractivity contribution in [3.8, 4) is 0 Å². The van der Waals surface area contributed by atoms with Crippen LogP contribution in [0.1, 0.15) is 42.5 Å². The van der Waals surface area contributed by atoms with Crippen LogP contribution in [0.4, 0.5) is 10.1 Å². The molecule has 1 saturated carbocycles. The second-order valence-corrected chi connectivity index (χ2v) is 11.9. The van der Waals surface area contributed by atoms with Crippen LogP contribution in [0.5, 0.6) is 0 Å². The predicted molar refractivity (Wildman–Crippen MR) is 128 cm³/mol. The molecule has 184 valence electrons. The average Bonchev–Trinajstić information content (AvgIpc) is 3.17. The van der Waals surface area contributed by atoms with Gasteiger partial charge in [-0.1, -0.05) is 6.42 Å². The number of aromatic nitrogens is 1. The Labute approximate surface area is 199 Å². The first kappa shape index (κ1) is 23.4. The number of hydrogen-bond acceptors (Lipinski definition) is 6. The SMILES string of the molecule is CS(=O)(=O)N1CCN(C(=O)c2cnc3ccc(F)cc3c2N2CCC3(CCCC3O)CC2)CC1. The number of pyridine rings is 1. The lowest BCUT2D eigenvalue weighted by Crippen LogP contribution is -2.50. The van der Waals surface area contributed by atoms with E-state index in [-0.39, 0.29) is 36.3 Å². The van der Waals surface area contributed by atoms with Crippen molar-refractivity contribution in [1.29, 1.82) is 0 Å². The monoisotopic (exact) mass is 490 g/mol. The van der Waals surface area contributed by atoms with E-state index in [1.807, 2.05) is 0 Å². The van der Waals surface area contributed by atoms with Crippen molar-refractivity contribution in [1.82, 2.24) is 14.2 Å². The van der Waals surface area contributed by atoms with Crippen LogP contribution in [-0.4, -0.2) is 85.2 Å². The van der Waals surface area contributed by atoms with Crippen LogP contribution in [0, 0.1) is 11.2 Å². The lowest BCUT2D eigenvalue weighted by molar-refractivity contribution is 0.0334. The Bertz CT molecular complexity index is 1200. The molecular weight excluding hydrogens is 459 g/mol. The first-order valence-corrected chi connectivity index (χ1v) is 13.8. The summed E-state index contributed by atoms with van der Waals surface area (Å²) in [6.07, 6.45) is 7.00. The van der Waals surface area contributed by atoms with E-state index >= 15 is 0 Å². The van der Waals surface area contributed by atoms with Gasteiger partial charge in [0.15, 0.2) is 0 Å². The second kappa shape index (κ2) is 8.73. The molecule has 5 rings (SSSR count). The molecule has 1 aromatic heterocycles. The number of halogens is 1. The zero-order valence-electron chi connectivity index (χ0n) is 19.4. The van der Waals surface area contributed by atoms with Crippen LogP contribution in [0.2, 0.25) is 0 Å². The summed E-state index contributed by atoms with van der Waals surface area (Å²) in [6.45, 7) is 2.44. The number of fused-ring (bicyclic) bond motifs is 1. The molecule has 1 aromatic carbocycles. The largest absolute Gasteiger partial charge is 0.393 e. The van der Waals surface area contributed by atoms with E-state index < -0.39 is 10.0 Å². The van der Waals surface area contributed by atoms with Crippen molar-refractivity contribution in [2.45, 2.75) is 38.2 Å². The highest BCUT2D eigenvalue weighted by molar-refractivity contribution is 7.88. The highest BCUT2D eigenvalue weighted by Crippen LogP contribution is 2.47. The van der Waals surface area contributed by atoms with Crippen LogP contribution in [-0.2, 0) is 10.0 Å². The smallest absolute Gasteiger partial charge is 0.257 e. The van der Waals surface area contributed by atoms with Crippen molar-refractivity contribution in [3.63, 3.8) is 0 Å². The normalized spacial score (nSPS) is 23.7. The standard InChI is InChI=1S/C24H31FN4O4S/c1-34(32,33)29-13-11-28(12-14-29)23(31)19-16-26-20-5-4-17(25)15-18(20)22(19)27-9-7-24(8-10-27)6-2-3-21(24)30/h4-5,15-16,21,30H,2-3,6-14H2,1H3. The summed E-state index contributed by atoms with van der Waals surface area (Å²) in [5, 5.41) is 11.2. The Morgan fingerprint density at radius 3 is 2.44 bits per heavy atom. The van der Waals surface area contributed by atoms with Crippen molar-refractivity contribution in [3.05, 3.63) is 35.8 Å². The average molecular weight is 491 g/mol. The molecule has 34 heavy (non-hydrogen) atoms. The Morgan fingerprint density at radius 1 is 1.12 bits per heavy atom. The minimum absolute atomic E-state index is 0.0588. The molecule has 2 saturated heterocycles. The molecule has 1 spiro atoms. The number of piperidine rings is 1. The number of aliphatic hydroxyl groups is 1. The Morgan fingerprint density at radius 2 is 1.82 bits per heavy atom. The molecule has 1 aliphatic carbocycles. The topological polar surface area (TPSA) is 94.1 Å². The number of carbonyl (C=O) groups is 1. The molecule has 10 heteroatoms. The van der Waals surface area contributed by atoms with Crippen molar-refractivity contribution < 1.29 is 22.7 Å². The molecule has 0 bridgehead atoms. The van der Waals surface area contributed by atoms with Gasteiger partial charge >= 0.3 is 0 Å². The number of nitrogens with zero attached hydrogens (tertiary/aromatic N) is 4. The number of carbonyl (C=O) groups excluding carboxylic acids is 1. The molecule has 1 N–H and O–H groups in total. The molecule has 1 atom stereocenters. The predicted octanol–water partition coefficient (Wildman–Crippen LogP) is 2.22. The Hall–Kier alpha value is -2.30. The maximum atomic E-state index is 14.3. The van der Waals surface area contributed by atoms with Crippen molar-refractivity contribution in [2.75, 3.05) is 50.4 Å². The van der Waals surface area contributed by atoms with Crippen LogP contribution in [0.15, 0.2) is 24.4 Å². The zero-order chi connectivity index (χ0) is 24.1. The fraction of sp³-hybridized carbons (Fsp3) is 0.583. The van der Waals surface area contributed by atoms with Gasteiger partial charge in [-0.25, -0.2) is 12.8 Å². The van der Waals surface area contributed by atoms with Gasteiger partial charge < -0.3 is 14.9 Å². The van der Waals surface area contributed by atoms with Crippen LogP contribution in [0.3, 0.4) is 0 Å². The number of rotatable bonds is 3. The van der Waals surface area contributed by atoms with Crippen LogP contribution < -0.4 is 4.90 Å². The highest BCUT2D eigenvalue weighted by Gasteiger charge is 2.44. The maximum Gasteiger partial charge on any atom is 0.257 e. The summed E-state index contributed by atoms with van der Waals surface area (Å²) in [5.74, 6) is -0.607. The minimum Gasteiger partial charge on any atom is -0.393 e. The van der Waals surface area contributed by atoms with Gasteiger partial charge in [-0.05, 0) is 49.3 Å². The third-order valence-corrected chi connectivity index (χ3v) is 9.26. The number of anilines is 1. The maximum absolute atomic E-state index is 14.3. The second-order valence-electron chi connectivity index (χ2n) is 9.89. The van der Waals surface area contributed by atoms with Gasteiger partial charge in [0.2, 0.25) is 10.0 Å². The lowest BCUT2D eigenvalue weighted by atomic mass is 9.75. The number of amides is 1. The lowest BCUT2D eigenvalue weighted by Gasteiger charge is -2.43. The molecule has 3 aliphatic rings. The molecule has 3 heterocycles. The summed E-state index contributed by atoms with van der Waals surface area (Å²) >= 11 is 0. The Kier molecular flexibility index (Phi) is 6.02. The molecule has 1 amide bonds. The zero-order valence-corrected chi connectivity index (χ0v) is 20.2. The molecule has 1 unspecified atom stereocenters. The molecule has 3 fully saturated rings. The van der Waals surface area contributed by atoms with Crippen molar-refractivity contribution >= 4 is 32.5 Å². The summed E-state index contributed by atoms with van der Waals surface area (Å²) in [6, 6.07) is 4.43. The highest BCUT2D eigenvalue weighted by atomic mass is 32.2. The van der Waals surface area contributed by atoms with E-state index in [0.29, 0.717) is 48.3 Å². The van der Waals surface area contributed by atoms with Gasteiger partial charge in [0.25, 0.3) is 5.91 Å². The van der Waals surface area contributed by atoms with E-state index in [4.69, 9.17) is 0 Å². The van der Waals surface area contributed by atoms with Gasteiger partial charge in [-0.15, -0.1) is 0 Å². The molecular formula is C24H31FN4O4S. The quantitative estimate of drug-likeness (QED) is 0.709. The van der Waals surface area contributed by atoms with Gasteiger partial charge in [0.05, 0.1) is 29.1 Å². The first-order valence-electron chi connectivity index (χ1n) is 11.9. The van der Waals surface area contributed by atoms with E-state index in [1.54, 1.807) is 17.2 Å². The summed E-state index contributed by atoms with van der Waals surface area (Å²) in [4.78, 5) is 21.8. The number of aliphatic hydroxyl groups excluding tert-OH is 1. The van der Waals surface area contributed by atoms with Crippen LogP contribution >= 0.6 is 0 Å². The van der Waals surface area contributed by atoms with Gasteiger partial charge in [0, 0.05) is 50.9 Å². The number of piperazine rings is 1. The van der Waals surface area contributed by atoms with Gasteiger partial charge in [-0.2, -0.15) is 4.31 Å². The third-order valence-electron chi connectivity index (χ3n) is 7.96. The van der Waals surface area contributed by atoms with E-state index in [1.165, 1.54) is 22.7 Å². The number of benzene rings is 1. The number of sulfonamides is 1. The summed E-state index contributed by atoms with van der Waals surface area (Å²) < 4.78 is 39.4. The fourth-order valence-corrected chi connectivity index (χ4v) is 6.75. The van der Waals surface area contributed by atoms with Crippen LogP contribution in [0.25, 0.3) is 10.9 Å². The Balaban J connectivity index is 1.47. The molecule has 8 nitrogen and oxygen atoms in total. The van der Waals surface area contributed by atoms with E-state index in [0.717, 1.165) is 32.1 Å². The summed E-state index contributed by atoms with van der Waals surface area (Å²) in [5.41, 5.74) is 1.66. The van der Waals surface area contributed by atoms with Gasteiger partial charge in [0.1, 0.15) is 5.82 Å². The van der Waals surface area contributed by atoms with Crippen molar-refractivity contribution in [2.24, 2.45) is 5.41 Å². The molecule has 0 radical (unpaired) electrons.